The van der Waals surface area contributed by atoms with Crippen LogP contribution in [0, 0.1) is 6.92 Å². The molecule has 0 fully saturated rings. The number of aryl methyl sites for hydroxylation is 1. The van der Waals surface area contributed by atoms with E-state index in [1.54, 1.807) is 7.05 Å². The van der Waals surface area contributed by atoms with Crippen molar-refractivity contribution < 1.29 is 0 Å². The van der Waals surface area contributed by atoms with Crippen LogP contribution in [0.5, 0.6) is 0 Å². The fraction of sp³-hybridized carbons (Fsp3) is 0.125. The molecule has 2 aromatic heterocycles. The van der Waals surface area contributed by atoms with E-state index in [9.17, 15) is 0 Å². The van der Waals surface area contributed by atoms with Crippen molar-refractivity contribution in [3.05, 3.63) is 54.4 Å². The Morgan fingerprint density at radius 1 is 1.19 bits per heavy atom. The smallest absolute Gasteiger partial charge is 0.170 e. The summed E-state index contributed by atoms with van der Waals surface area (Å²) < 4.78 is 2.03. The molecule has 0 atom stereocenters. The van der Waals surface area contributed by atoms with Crippen LogP contribution in [0.15, 0.2) is 48.8 Å². The second-order valence-corrected chi connectivity index (χ2v) is 5.29. The molecule has 0 saturated heterocycles. The van der Waals surface area contributed by atoms with Gasteiger partial charge in [0, 0.05) is 30.7 Å². The molecule has 21 heavy (non-hydrogen) atoms. The van der Waals surface area contributed by atoms with Gasteiger partial charge in [0.2, 0.25) is 0 Å². The van der Waals surface area contributed by atoms with Crippen molar-refractivity contribution in [3.8, 4) is 11.3 Å². The molecule has 2 N–H and O–H groups in total. The quantitative estimate of drug-likeness (QED) is 0.713. The normalized spacial score (nSPS) is 10.6. The molecular weight excluding hydrogens is 280 g/mol. The Balaban J connectivity index is 1.90. The van der Waals surface area contributed by atoms with Crippen molar-refractivity contribution >= 4 is 28.7 Å². The summed E-state index contributed by atoms with van der Waals surface area (Å²) >= 11 is 5.08. The lowest BCUT2D eigenvalue weighted by Crippen LogP contribution is -2.23. The van der Waals surface area contributed by atoms with E-state index in [0.29, 0.717) is 5.11 Å². The first-order valence-electron chi connectivity index (χ1n) is 6.70. The zero-order valence-electron chi connectivity index (χ0n) is 11.9. The van der Waals surface area contributed by atoms with Gasteiger partial charge in [0.05, 0.1) is 5.69 Å². The van der Waals surface area contributed by atoms with Gasteiger partial charge in [-0.3, -0.25) is 0 Å². The maximum atomic E-state index is 5.08. The van der Waals surface area contributed by atoms with Gasteiger partial charge in [-0.2, -0.15) is 0 Å². The number of hydrogen-bond donors (Lipinski definition) is 2. The van der Waals surface area contributed by atoms with Gasteiger partial charge in [-0.1, -0.05) is 12.1 Å². The highest BCUT2D eigenvalue weighted by molar-refractivity contribution is 7.80. The summed E-state index contributed by atoms with van der Waals surface area (Å²) in [6.45, 7) is 2.07. The Hall–Kier alpha value is -2.40. The van der Waals surface area contributed by atoms with Gasteiger partial charge >= 0.3 is 0 Å². The molecule has 0 unspecified atom stereocenters. The van der Waals surface area contributed by atoms with Crippen molar-refractivity contribution in [3.63, 3.8) is 0 Å². The van der Waals surface area contributed by atoms with Gasteiger partial charge in [0.1, 0.15) is 5.65 Å². The van der Waals surface area contributed by atoms with E-state index < -0.39 is 0 Å². The number of benzene rings is 1. The van der Waals surface area contributed by atoms with E-state index in [4.69, 9.17) is 12.2 Å². The average molecular weight is 296 g/mol. The van der Waals surface area contributed by atoms with E-state index in [2.05, 4.69) is 34.7 Å². The summed E-state index contributed by atoms with van der Waals surface area (Å²) in [5.74, 6) is 0. The zero-order valence-corrected chi connectivity index (χ0v) is 12.7. The largest absolute Gasteiger partial charge is 0.366 e. The van der Waals surface area contributed by atoms with E-state index in [0.717, 1.165) is 22.6 Å². The van der Waals surface area contributed by atoms with Gasteiger partial charge < -0.3 is 15.0 Å². The molecule has 1 aromatic carbocycles. The zero-order chi connectivity index (χ0) is 14.8. The van der Waals surface area contributed by atoms with Crippen LogP contribution < -0.4 is 10.6 Å². The number of aromatic nitrogens is 2. The van der Waals surface area contributed by atoms with Gasteiger partial charge in [-0.25, -0.2) is 4.98 Å². The van der Waals surface area contributed by atoms with Crippen molar-refractivity contribution in [2.75, 3.05) is 12.4 Å². The Kier molecular flexibility index (Phi) is 3.58. The molecule has 0 saturated carbocycles. The van der Waals surface area contributed by atoms with E-state index in [1.807, 2.05) is 41.1 Å². The maximum absolute atomic E-state index is 5.08. The predicted molar refractivity (Wildman–Crippen MR) is 90.6 cm³/mol. The second-order valence-electron chi connectivity index (χ2n) is 4.88. The fourth-order valence-electron chi connectivity index (χ4n) is 2.14. The summed E-state index contributed by atoms with van der Waals surface area (Å²) in [4.78, 5) is 4.65. The van der Waals surface area contributed by atoms with Crippen LogP contribution in [0.25, 0.3) is 16.9 Å². The van der Waals surface area contributed by atoms with E-state index >= 15 is 0 Å². The first kappa shape index (κ1) is 13.6. The minimum Gasteiger partial charge on any atom is -0.366 e. The van der Waals surface area contributed by atoms with Crippen molar-refractivity contribution in [2.45, 2.75) is 6.92 Å². The molecule has 3 aromatic rings. The number of fused-ring (bicyclic) bond motifs is 1. The van der Waals surface area contributed by atoms with Gasteiger partial charge in [0.25, 0.3) is 0 Å². The molecule has 0 amide bonds. The highest BCUT2D eigenvalue weighted by atomic mass is 32.1. The SMILES string of the molecule is CNC(=S)Nc1ccc(-c2cn3ccc(C)cc3n2)cc1. The summed E-state index contributed by atoms with van der Waals surface area (Å²) in [5, 5.41) is 6.59. The summed E-state index contributed by atoms with van der Waals surface area (Å²) in [6.07, 6.45) is 4.07. The molecule has 0 radical (unpaired) electrons. The average Bonchev–Trinajstić information content (AvgIpc) is 2.90. The van der Waals surface area contributed by atoms with Gasteiger partial charge in [0.15, 0.2) is 5.11 Å². The standard InChI is InChI=1S/C16H16N4S/c1-11-7-8-20-10-14(19-15(20)9-11)12-3-5-13(6-4-12)18-16(21)17-2/h3-10H,1-2H3,(H2,17,18,21). The molecule has 0 aliphatic heterocycles. The molecule has 4 nitrogen and oxygen atoms in total. The Bertz CT molecular complexity index is 790. The van der Waals surface area contributed by atoms with Crippen LogP contribution in [0.4, 0.5) is 5.69 Å². The molecule has 0 bridgehead atoms. The number of nitrogens with zero attached hydrogens (tertiary/aromatic N) is 2. The summed E-state index contributed by atoms with van der Waals surface area (Å²) in [5.41, 5.74) is 5.17. The highest BCUT2D eigenvalue weighted by Gasteiger charge is 2.05. The molecular formula is C16H16N4S. The summed E-state index contributed by atoms with van der Waals surface area (Å²) in [7, 11) is 1.79. The van der Waals surface area contributed by atoms with Gasteiger partial charge in [-0.05, 0) is 49.0 Å². The first-order valence-corrected chi connectivity index (χ1v) is 7.11. The first-order chi connectivity index (χ1) is 10.2. The van der Waals surface area contributed by atoms with Crippen LogP contribution in [0.3, 0.4) is 0 Å². The third kappa shape index (κ3) is 2.87. The maximum Gasteiger partial charge on any atom is 0.170 e. The Labute approximate surface area is 128 Å². The molecule has 106 valence electrons. The van der Waals surface area contributed by atoms with Crippen LogP contribution >= 0.6 is 12.2 Å². The summed E-state index contributed by atoms with van der Waals surface area (Å²) in [6, 6.07) is 12.2. The number of anilines is 1. The topological polar surface area (TPSA) is 41.4 Å². The number of pyridine rings is 1. The van der Waals surface area contributed by atoms with Gasteiger partial charge in [-0.15, -0.1) is 0 Å². The number of thiocarbonyl (C=S) groups is 1. The lowest BCUT2D eigenvalue weighted by molar-refractivity contribution is 1.17. The lowest BCUT2D eigenvalue weighted by Gasteiger charge is -2.07. The number of imidazole rings is 1. The van der Waals surface area contributed by atoms with Crippen molar-refractivity contribution in [1.82, 2.24) is 14.7 Å². The van der Waals surface area contributed by atoms with Crippen LogP contribution in [0.1, 0.15) is 5.56 Å². The third-order valence-corrected chi connectivity index (χ3v) is 3.59. The van der Waals surface area contributed by atoms with E-state index in [1.165, 1.54) is 5.56 Å². The number of rotatable bonds is 2. The molecule has 3 rings (SSSR count). The second kappa shape index (κ2) is 5.54. The molecule has 2 heterocycles. The monoisotopic (exact) mass is 296 g/mol. The van der Waals surface area contributed by atoms with Crippen molar-refractivity contribution in [1.29, 1.82) is 0 Å². The van der Waals surface area contributed by atoms with Crippen molar-refractivity contribution in [2.24, 2.45) is 0 Å². The van der Waals surface area contributed by atoms with Crippen LogP contribution in [-0.4, -0.2) is 21.5 Å². The van der Waals surface area contributed by atoms with E-state index in [-0.39, 0.29) is 0 Å². The molecule has 0 spiro atoms. The highest BCUT2D eigenvalue weighted by Crippen LogP contribution is 2.21. The van der Waals surface area contributed by atoms with Crippen LogP contribution in [0.2, 0.25) is 0 Å². The number of hydrogen-bond acceptors (Lipinski definition) is 2. The Morgan fingerprint density at radius 2 is 1.95 bits per heavy atom. The minimum atomic E-state index is 0.603. The number of nitrogens with one attached hydrogen (secondary N) is 2. The minimum absolute atomic E-state index is 0.603. The molecule has 5 heteroatoms. The Morgan fingerprint density at radius 3 is 2.67 bits per heavy atom. The lowest BCUT2D eigenvalue weighted by atomic mass is 10.1. The van der Waals surface area contributed by atoms with Crippen LogP contribution in [-0.2, 0) is 0 Å². The molecule has 0 aliphatic rings. The fourth-order valence-corrected chi connectivity index (χ4v) is 2.26. The molecule has 0 aliphatic carbocycles. The third-order valence-electron chi connectivity index (χ3n) is 3.28. The predicted octanol–water partition coefficient (Wildman–Crippen LogP) is 3.23.